The van der Waals surface area contributed by atoms with Crippen molar-refractivity contribution in [2.75, 3.05) is 5.32 Å². The third kappa shape index (κ3) is 5.28. The van der Waals surface area contributed by atoms with Gasteiger partial charge in [-0.1, -0.05) is 32.0 Å². The second-order valence-corrected chi connectivity index (χ2v) is 8.63. The summed E-state index contributed by atoms with van der Waals surface area (Å²) in [6.45, 7) is 9.35. The van der Waals surface area contributed by atoms with Crippen LogP contribution >= 0.6 is 0 Å². The van der Waals surface area contributed by atoms with E-state index < -0.39 is 17.7 Å². The number of carbonyl (C=O) groups is 2. The van der Waals surface area contributed by atoms with Crippen molar-refractivity contribution >= 4 is 39.6 Å². The van der Waals surface area contributed by atoms with E-state index in [-0.39, 0.29) is 11.8 Å². The Hall–Kier alpha value is -3.02. The van der Waals surface area contributed by atoms with E-state index in [1.165, 1.54) is 0 Å². The number of ether oxygens (including phenoxy) is 1. The second kappa shape index (κ2) is 8.15. The summed E-state index contributed by atoms with van der Waals surface area (Å²) < 4.78 is 11.2. The van der Waals surface area contributed by atoms with Crippen molar-refractivity contribution in [3.05, 3.63) is 42.5 Å². The summed E-state index contributed by atoms with van der Waals surface area (Å²) in [6, 6.07) is 12.7. The van der Waals surface area contributed by atoms with Crippen molar-refractivity contribution in [1.82, 2.24) is 5.32 Å². The molecule has 1 atom stereocenters. The Morgan fingerprint density at radius 1 is 1.03 bits per heavy atom. The van der Waals surface area contributed by atoms with Gasteiger partial charge in [0, 0.05) is 22.5 Å². The molecule has 2 amide bonds. The molecule has 0 spiro atoms. The average Bonchev–Trinajstić information content (AvgIpc) is 2.96. The SMILES string of the molecule is CC(C)C[C@H](NC(=O)OC(C)(C)C)C(=O)Nc1ccc2c(c1)oc1ccccc12. The third-order valence-corrected chi connectivity index (χ3v) is 4.36. The maximum absolute atomic E-state index is 12.8. The van der Waals surface area contributed by atoms with Crippen molar-refractivity contribution in [2.24, 2.45) is 5.92 Å². The zero-order chi connectivity index (χ0) is 21.2. The standard InChI is InChI=1S/C23H28N2O4/c1-14(2)12-18(25-22(27)29-23(3,4)5)21(26)24-15-10-11-17-16-8-6-7-9-19(16)28-20(17)13-15/h6-11,13-14,18H,12H2,1-5H3,(H,24,26)(H,25,27)/t18-/m0/s1. The van der Waals surface area contributed by atoms with E-state index in [2.05, 4.69) is 10.6 Å². The first-order chi connectivity index (χ1) is 13.6. The topological polar surface area (TPSA) is 80.6 Å². The Bertz CT molecular complexity index is 1030. The molecule has 1 aromatic heterocycles. The summed E-state index contributed by atoms with van der Waals surface area (Å²) in [5, 5.41) is 7.59. The normalized spacial score (nSPS) is 12.9. The minimum Gasteiger partial charge on any atom is -0.456 e. The Kier molecular flexibility index (Phi) is 5.82. The summed E-state index contributed by atoms with van der Waals surface area (Å²) in [5.74, 6) is -0.0708. The average molecular weight is 396 g/mol. The lowest BCUT2D eigenvalue weighted by Crippen LogP contribution is -2.46. The number of para-hydroxylation sites is 1. The van der Waals surface area contributed by atoms with Gasteiger partial charge >= 0.3 is 6.09 Å². The maximum Gasteiger partial charge on any atom is 0.408 e. The van der Waals surface area contributed by atoms with E-state index in [9.17, 15) is 9.59 Å². The molecule has 0 bridgehead atoms. The number of benzene rings is 2. The molecule has 29 heavy (non-hydrogen) atoms. The largest absolute Gasteiger partial charge is 0.456 e. The van der Waals surface area contributed by atoms with Gasteiger partial charge in [-0.05, 0) is 51.3 Å². The number of alkyl carbamates (subject to hydrolysis) is 1. The van der Waals surface area contributed by atoms with Crippen LogP contribution in [0.5, 0.6) is 0 Å². The van der Waals surface area contributed by atoms with Crippen LogP contribution in [0.3, 0.4) is 0 Å². The van der Waals surface area contributed by atoms with E-state index in [0.717, 1.165) is 16.4 Å². The number of furan rings is 1. The molecule has 154 valence electrons. The lowest BCUT2D eigenvalue weighted by Gasteiger charge is -2.24. The Balaban J connectivity index is 1.77. The lowest BCUT2D eigenvalue weighted by molar-refractivity contribution is -0.118. The second-order valence-electron chi connectivity index (χ2n) is 8.63. The van der Waals surface area contributed by atoms with Gasteiger partial charge < -0.3 is 19.8 Å². The highest BCUT2D eigenvalue weighted by atomic mass is 16.6. The van der Waals surface area contributed by atoms with Gasteiger partial charge in [-0.25, -0.2) is 4.79 Å². The van der Waals surface area contributed by atoms with Crippen molar-refractivity contribution in [1.29, 1.82) is 0 Å². The van der Waals surface area contributed by atoms with Crippen LogP contribution in [0.15, 0.2) is 46.9 Å². The molecule has 0 saturated carbocycles. The smallest absolute Gasteiger partial charge is 0.408 e. The molecule has 3 aromatic rings. The van der Waals surface area contributed by atoms with Crippen LogP contribution in [0, 0.1) is 5.92 Å². The molecule has 1 heterocycles. The number of rotatable bonds is 5. The fraction of sp³-hybridized carbons (Fsp3) is 0.391. The van der Waals surface area contributed by atoms with E-state index in [1.807, 2.05) is 50.2 Å². The molecule has 0 aliphatic rings. The van der Waals surface area contributed by atoms with Crippen LogP contribution in [-0.4, -0.2) is 23.6 Å². The van der Waals surface area contributed by atoms with Gasteiger partial charge in [0.15, 0.2) is 0 Å². The van der Waals surface area contributed by atoms with Gasteiger partial charge in [0.2, 0.25) is 5.91 Å². The summed E-state index contributed by atoms with van der Waals surface area (Å²) >= 11 is 0. The van der Waals surface area contributed by atoms with Gasteiger partial charge in [0.05, 0.1) is 0 Å². The molecule has 2 aromatic carbocycles. The van der Waals surface area contributed by atoms with Gasteiger partial charge in [-0.3, -0.25) is 4.79 Å². The van der Waals surface area contributed by atoms with Crippen LogP contribution in [0.2, 0.25) is 0 Å². The van der Waals surface area contributed by atoms with Crippen LogP contribution in [0.1, 0.15) is 41.0 Å². The molecule has 0 aliphatic heterocycles. The Morgan fingerprint density at radius 3 is 2.41 bits per heavy atom. The molecule has 6 nitrogen and oxygen atoms in total. The molecular weight excluding hydrogens is 368 g/mol. The van der Waals surface area contributed by atoms with Crippen molar-refractivity contribution in [3.63, 3.8) is 0 Å². The van der Waals surface area contributed by atoms with Gasteiger partial charge in [-0.2, -0.15) is 0 Å². The molecule has 6 heteroatoms. The van der Waals surface area contributed by atoms with Crippen molar-refractivity contribution in [3.8, 4) is 0 Å². The minimum absolute atomic E-state index is 0.221. The number of amides is 2. The predicted octanol–water partition coefficient (Wildman–Crippen LogP) is 5.46. The molecule has 0 unspecified atom stereocenters. The predicted molar refractivity (Wildman–Crippen MR) is 115 cm³/mol. The highest BCUT2D eigenvalue weighted by Gasteiger charge is 2.25. The first-order valence-electron chi connectivity index (χ1n) is 9.84. The lowest BCUT2D eigenvalue weighted by atomic mass is 10.0. The monoisotopic (exact) mass is 396 g/mol. The molecule has 3 rings (SSSR count). The quantitative estimate of drug-likeness (QED) is 0.600. The van der Waals surface area contributed by atoms with Crippen LogP contribution in [0.25, 0.3) is 21.9 Å². The fourth-order valence-electron chi connectivity index (χ4n) is 3.19. The van der Waals surface area contributed by atoms with Crippen LogP contribution in [0.4, 0.5) is 10.5 Å². The third-order valence-electron chi connectivity index (χ3n) is 4.36. The van der Waals surface area contributed by atoms with E-state index in [0.29, 0.717) is 17.7 Å². The summed E-state index contributed by atoms with van der Waals surface area (Å²) in [7, 11) is 0. The summed E-state index contributed by atoms with van der Waals surface area (Å²) in [6.07, 6.45) is -0.108. The zero-order valence-corrected chi connectivity index (χ0v) is 17.5. The number of hydrogen-bond acceptors (Lipinski definition) is 4. The molecule has 0 aliphatic carbocycles. The van der Waals surface area contributed by atoms with Crippen LogP contribution in [-0.2, 0) is 9.53 Å². The molecule has 0 radical (unpaired) electrons. The first kappa shape index (κ1) is 20.7. The van der Waals surface area contributed by atoms with Crippen molar-refractivity contribution < 1.29 is 18.7 Å². The van der Waals surface area contributed by atoms with Crippen molar-refractivity contribution in [2.45, 2.75) is 52.7 Å². The zero-order valence-electron chi connectivity index (χ0n) is 17.5. The summed E-state index contributed by atoms with van der Waals surface area (Å²) in [4.78, 5) is 25.0. The van der Waals surface area contributed by atoms with Gasteiger partial charge in [0.25, 0.3) is 0 Å². The molecule has 0 fully saturated rings. The van der Waals surface area contributed by atoms with E-state index >= 15 is 0 Å². The Labute approximate surface area is 170 Å². The van der Waals surface area contributed by atoms with Gasteiger partial charge in [0.1, 0.15) is 22.8 Å². The minimum atomic E-state index is -0.698. The Morgan fingerprint density at radius 2 is 1.72 bits per heavy atom. The maximum atomic E-state index is 12.8. The molecular formula is C23H28N2O4. The molecule has 0 saturated heterocycles. The summed E-state index contributed by atoms with van der Waals surface area (Å²) in [5.41, 5.74) is 1.48. The van der Waals surface area contributed by atoms with E-state index in [4.69, 9.17) is 9.15 Å². The number of nitrogens with one attached hydrogen (secondary N) is 2. The fourth-order valence-corrected chi connectivity index (χ4v) is 3.19. The highest BCUT2D eigenvalue weighted by molar-refractivity contribution is 6.06. The van der Waals surface area contributed by atoms with Gasteiger partial charge in [-0.15, -0.1) is 0 Å². The van der Waals surface area contributed by atoms with Crippen LogP contribution < -0.4 is 10.6 Å². The molecule has 2 N–H and O–H groups in total. The number of hydrogen-bond donors (Lipinski definition) is 2. The first-order valence-corrected chi connectivity index (χ1v) is 9.84. The van der Waals surface area contributed by atoms with E-state index in [1.54, 1.807) is 26.8 Å². The number of anilines is 1. The number of fused-ring (bicyclic) bond motifs is 3. The highest BCUT2D eigenvalue weighted by Crippen LogP contribution is 2.30. The number of carbonyl (C=O) groups excluding carboxylic acids is 2.